The SMILES string of the molecule is CN(c1ccccc1C(=O)Nc1nc2c(s1)CCCCC2)S(C)(=O)=O. The number of hydrogen-bond donors (Lipinski definition) is 1. The van der Waals surface area contributed by atoms with Crippen molar-refractivity contribution in [2.45, 2.75) is 32.1 Å². The molecular formula is C17H21N3O3S2. The van der Waals surface area contributed by atoms with Gasteiger partial charge in [-0.2, -0.15) is 0 Å². The summed E-state index contributed by atoms with van der Waals surface area (Å²) >= 11 is 1.52. The maximum atomic E-state index is 12.7. The highest BCUT2D eigenvalue weighted by Gasteiger charge is 2.21. The molecule has 0 aliphatic heterocycles. The molecular weight excluding hydrogens is 358 g/mol. The minimum absolute atomic E-state index is 0.306. The Morgan fingerprint density at radius 2 is 1.92 bits per heavy atom. The molecule has 6 nitrogen and oxygen atoms in total. The molecule has 134 valence electrons. The molecule has 25 heavy (non-hydrogen) atoms. The van der Waals surface area contributed by atoms with Crippen LogP contribution >= 0.6 is 11.3 Å². The van der Waals surface area contributed by atoms with Crippen LogP contribution in [0, 0.1) is 0 Å². The van der Waals surface area contributed by atoms with Gasteiger partial charge in [-0.15, -0.1) is 11.3 Å². The number of nitrogens with zero attached hydrogens (tertiary/aromatic N) is 2. The fourth-order valence-corrected chi connectivity index (χ4v) is 4.43. The number of amides is 1. The average molecular weight is 380 g/mol. The van der Waals surface area contributed by atoms with Crippen molar-refractivity contribution < 1.29 is 13.2 Å². The van der Waals surface area contributed by atoms with Gasteiger partial charge in [0, 0.05) is 11.9 Å². The predicted molar refractivity (Wildman–Crippen MR) is 101 cm³/mol. The third-order valence-electron chi connectivity index (χ3n) is 4.30. The Morgan fingerprint density at radius 3 is 2.68 bits per heavy atom. The third kappa shape index (κ3) is 4.01. The summed E-state index contributed by atoms with van der Waals surface area (Å²) in [6, 6.07) is 6.66. The largest absolute Gasteiger partial charge is 0.298 e. The summed E-state index contributed by atoms with van der Waals surface area (Å²) < 4.78 is 24.7. The lowest BCUT2D eigenvalue weighted by molar-refractivity contribution is 0.102. The monoisotopic (exact) mass is 379 g/mol. The van der Waals surface area contributed by atoms with Crippen LogP contribution in [0.1, 0.15) is 40.2 Å². The highest BCUT2D eigenvalue weighted by molar-refractivity contribution is 7.92. The molecule has 1 aromatic carbocycles. The van der Waals surface area contributed by atoms with Gasteiger partial charge in [0.25, 0.3) is 5.91 Å². The van der Waals surface area contributed by atoms with Gasteiger partial charge in [0.05, 0.1) is 23.2 Å². The van der Waals surface area contributed by atoms with Gasteiger partial charge < -0.3 is 0 Å². The van der Waals surface area contributed by atoms with Crippen molar-refractivity contribution in [2.24, 2.45) is 0 Å². The zero-order chi connectivity index (χ0) is 18.0. The van der Waals surface area contributed by atoms with Crippen LogP contribution in [0.25, 0.3) is 0 Å². The Hall–Kier alpha value is -1.93. The lowest BCUT2D eigenvalue weighted by Gasteiger charge is -2.19. The first-order chi connectivity index (χ1) is 11.9. The molecule has 0 radical (unpaired) electrons. The van der Waals surface area contributed by atoms with Gasteiger partial charge in [-0.05, 0) is 37.8 Å². The molecule has 0 spiro atoms. The average Bonchev–Trinajstić information content (AvgIpc) is 2.81. The fourth-order valence-electron chi connectivity index (χ4n) is 2.87. The smallest absolute Gasteiger partial charge is 0.259 e. The number of rotatable bonds is 4. The maximum Gasteiger partial charge on any atom is 0.259 e. The topological polar surface area (TPSA) is 79.4 Å². The Bertz CT molecular complexity index is 867. The number of para-hydroxylation sites is 1. The number of hydrogen-bond acceptors (Lipinski definition) is 5. The van der Waals surface area contributed by atoms with Crippen LogP contribution in [0.3, 0.4) is 0 Å². The molecule has 1 aromatic heterocycles. The molecule has 0 atom stereocenters. The molecule has 1 aliphatic rings. The molecule has 0 saturated carbocycles. The van der Waals surface area contributed by atoms with Gasteiger partial charge in [0.2, 0.25) is 10.0 Å². The number of sulfonamides is 1. The van der Waals surface area contributed by atoms with E-state index in [1.54, 1.807) is 24.3 Å². The number of aromatic nitrogens is 1. The number of benzene rings is 1. The molecule has 1 heterocycles. The van der Waals surface area contributed by atoms with Crippen LogP contribution in [-0.2, 0) is 22.9 Å². The lowest BCUT2D eigenvalue weighted by atomic mass is 10.1. The summed E-state index contributed by atoms with van der Waals surface area (Å²) in [4.78, 5) is 18.5. The van der Waals surface area contributed by atoms with E-state index in [0.717, 1.165) is 41.9 Å². The van der Waals surface area contributed by atoms with E-state index in [1.165, 1.54) is 29.7 Å². The molecule has 1 N–H and O–H groups in total. The summed E-state index contributed by atoms with van der Waals surface area (Å²) in [5.41, 5.74) is 1.74. The maximum absolute atomic E-state index is 12.7. The van der Waals surface area contributed by atoms with Crippen molar-refractivity contribution in [3.05, 3.63) is 40.4 Å². The molecule has 0 fully saturated rings. The number of carbonyl (C=O) groups is 1. The van der Waals surface area contributed by atoms with Crippen molar-refractivity contribution in [2.75, 3.05) is 22.9 Å². The van der Waals surface area contributed by atoms with E-state index >= 15 is 0 Å². The normalized spacial score (nSPS) is 14.5. The Labute approximate surface area is 151 Å². The number of nitrogens with one attached hydrogen (secondary N) is 1. The summed E-state index contributed by atoms with van der Waals surface area (Å²) in [7, 11) is -2.01. The van der Waals surface area contributed by atoms with Crippen molar-refractivity contribution in [1.82, 2.24) is 4.98 Å². The van der Waals surface area contributed by atoms with Crippen LogP contribution in [-0.4, -0.2) is 32.6 Å². The van der Waals surface area contributed by atoms with E-state index in [0.29, 0.717) is 16.4 Å². The first kappa shape index (κ1) is 17.9. The second kappa shape index (κ2) is 7.13. The van der Waals surface area contributed by atoms with Gasteiger partial charge >= 0.3 is 0 Å². The van der Waals surface area contributed by atoms with Gasteiger partial charge in [0.1, 0.15) is 0 Å². The first-order valence-electron chi connectivity index (χ1n) is 8.19. The highest BCUT2D eigenvalue weighted by Crippen LogP contribution is 2.30. The molecule has 0 bridgehead atoms. The minimum atomic E-state index is -3.45. The first-order valence-corrected chi connectivity index (χ1v) is 10.9. The van der Waals surface area contributed by atoms with Gasteiger partial charge in [-0.25, -0.2) is 13.4 Å². The van der Waals surface area contributed by atoms with E-state index < -0.39 is 10.0 Å². The third-order valence-corrected chi connectivity index (χ3v) is 6.57. The predicted octanol–water partition coefficient (Wildman–Crippen LogP) is 3.06. The van der Waals surface area contributed by atoms with Gasteiger partial charge in [-0.3, -0.25) is 14.4 Å². The standard InChI is InChI=1S/C17H21N3O3S2/c1-20(25(2,22)23)14-10-7-6-8-12(14)16(21)19-17-18-13-9-4-3-5-11-15(13)24-17/h6-8,10H,3-5,9,11H2,1-2H3,(H,18,19,21). The van der Waals surface area contributed by atoms with Crippen LogP contribution in [0.15, 0.2) is 24.3 Å². The quantitative estimate of drug-likeness (QED) is 0.828. The number of thiazole rings is 1. The molecule has 1 amide bonds. The minimum Gasteiger partial charge on any atom is -0.298 e. The number of carbonyl (C=O) groups excluding carboxylic acids is 1. The Morgan fingerprint density at radius 1 is 1.20 bits per heavy atom. The molecule has 8 heteroatoms. The van der Waals surface area contributed by atoms with E-state index in [-0.39, 0.29) is 5.91 Å². The lowest BCUT2D eigenvalue weighted by Crippen LogP contribution is -2.27. The zero-order valence-corrected chi connectivity index (χ0v) is 15.9. The number of anilines is 2. The van der Waals surface area contributed by atoms with Crippen molar-refractivity contribution >= 4 is 38.1 Å². The molecule has 3 rings (SSSR count). The number of fused-ring (bicyclic) bond motifs is 1. The van der Waals surface area contributed by atoms with Gasteiger partial charge in [-0.1, -0.05) is 18.6 Å². The van der Waals surface area contributed by atoms with E-state index in [1.807, 2.05) is 0 Å². The summed E-state index contributed by atoms with van der Waals surface area (Å²) in [6.45, 7) is 0. The van der Waals surface area contributed by atoms with Crippen molar-refractivity contribution in [3.63, 3.8) is 0 Å². The second-order valence-corrected chi connectivity index (χ2v) is 9.25. The van der Waals surface area contributed by atoms with Crippen LogP contribution in [0.2, 0.25) is 0 Å². The number of aryl methyl sites for hydroxylation is 2. The molecule has 0 saturated heterocycles. The second-order valence-electron chi connectivity index (χ2n) is 6.15. The summed E-state index contributed by atoms with van der Waals surface area (Å²) in [6.07, 6.45) is 6.58. The summed E-state index contributed by atoms with van der Waals surface area (Å²) in [5, 5.41) is 3.41. The van der Waals surface area contributed by atoms with E-state index in [2.05, 4.69) is 10.3 Å². The molecule has 0 unspecified atom stereocenters. The zero-order valence-electron chi connectivity index (χ0n) is 14.3. The van der Waals surface area contributed by atoms with Crippen LogP contribution < -0.4 is 9.62 Å². The van der Waals surface area contributed by atoms with Gasteiger partial charge in [0.15, 0.2) is 5.13 Å². The van der Waals surface area contributed by atoms with Crippen LogP contribution in [0.5, 0.6) is 0 Å². The van der Waals surface area contributed by atoms with Crippen LogP contribution in [0.4, 0.5) is 10.8 Å². The Balaban J connectivity index is 1.85. The molecule has 1 aliphatic carbocycles. The molecule has 2 aromatic rings. The van der Waals surface area contributed by atoms with E-state index in [9.17, 15) is 13.2 Å². The summed E-state index contributed by atoms with van der Waals surface area (Å²) in [5.74, 6) is -0.352. The Kier molecular flexibility index (Phi) is 5.10. The fraction of sp³-hybridized carbons (Fsp3) is 0.412. The van der Waals surface area contributed by atoms with Crippen molar-refractivity contribution in [1.29, 1.82) is 0 Å². The van der Waals surface area contributed by atoms with E-state index in [4.69, 9.17) is 0 Å². The highest BCUT2D eigenvalue weighted by atomic mass is 32.2. The van der Waals surface area contributed by atoms with Crippen molar-refractivity contribution in [3.8, 4) is 0 Å².